The van der Waals surface area contributed by atoms with Crippen LogP contribution < -0.4 is 4.72 Å². The number of carboxylic acid groups (broad SMARTS) is 1. The molecule has 0 fully saturated rings. The summed E-state index contributed by atoms with van der Waals surface area (Å²) < 4.78 is 26.1. The van der Waals surface area contributed by atoms with Gasteiger partial charge in [-0.05, 0) is 18.9 Å². The first-order chi connectivity index (χ1) is 8.97. The van der Waals surface area contributed by atoms with Crippen molar-refractivity contribution in [1.29, 1.82) is 0 Å². The standard InChI is InChI=1S/C11H17NO5S2/c13-6-4-2-1-3-5-12-19(16,17)9-7-10(11(14)15)18-8-9/h7-8,12-13H,1-6H2,(H,14,15). The van der Waals surface area contributed by atoms with Crippen molar-refractivity contribution in [3.63, 3.8) is 0 Å². The Hall–Kier alpha value is -0.960. The van der Waals surface area contributed by atoms with Crippen LogP contribution in [-0.2, 0) is 10.0 Å². The van der Waals surface area contributed by atoms with Gasteiger partial charge in [-0.3, -0.25) is 0 Å². The monoisotopic (exact) mass is 307 g/mol. The average Bonchev–Trinajstić information content (AvgIpc) is 2.84. The predicted octanol–water partition coefficient (Wildman–Crippen LogP) is 1.28. The zero-order valence-corrected chi connectivity index (χ0v) is 12.0. The van der Waals surface area contributed by atoms with Gasteiger partial charge >= 0.3 is 5.97 Å². The fourth-order valence-electron chi connectivity index (χ4n) is 1.45. The third-order valence-corrected chi connectivity index (χ3v) is 4.98. The van der Waals surface area contributed by atoms with Crippen LogP contribution in [0, 0.1) is 0 Å². The lowest BCUT2D eigenvalue weighted by Gasteiger charge is -2.04. The molecular formula is C11H17NO5S2. The molecule has 1 aromatic heterocycles. The van der Waals surface area contributed by atoms with E-state index >= 15 is 0 Å². The van der Waals surface area contributed by atoms with Gasteiger partial charge in [0.1, 0.15) is 4.88 Å². The second kappa shape index (κ2) is 7.59. The Morgan fingerprint density at radius 1 is 1.26 bits per heavy atom. The van der Waals surface area contributed by atoms with Crippen LogP contribution in [0.15, 0.2) is 16.3 Å². The van der Waals surface area contributed by atoms with Crippen LogP contribution in [0.5, 0.6) is 0 Å². The number of thiophene rings is 1. The Morgan fingerprint density at radius 3 is 2.53 bits per heavy atom. The number of unbranched alkanes of at least 4 members (excludes halogenated alkanes) is 3. The quantitative estimate of drug-likeness (QED) is 0.596. The van der Waals surface area contributed by atoms with Crippen LogP contribution in [0.25, 0.3) is 0 Å². The van der Waals surface area contributed by atoms with Gasteiger partial charge in [-0.15, -0.1) is 11.3 Å². The van der Waals surface area contributed by atoms with Gasteiger partial charge in [-0.25, -0.2) is 17.9 Å². The molecule has 0 aliphatic rings. The Labute approximate surface area is 116 Å². The third-order valence-electron chi connectivity index (χ3n) is 2.47. The minimum absolute atomic E-state index is 0.00307. The molecule has 108 valence electrons. The number of aromatic carboxylic acids is 1. The first-order valence-corrected chi connectivity index (χ1v) is 8.26. The van der Waals surface area contributed by atoms with Crippen LogP contribution in [0.1, 0.15) is 35.4 Å². The fourth-order valence-corrected chi connectivity index (χ4v) is 3.64. The second-order valence-electron chi connectivity index (χ2n) is 3.99. The molecule has 3 N–H and O–H groups in total. The van der Waals surface area contributed by atoms with Gasteiger partial charge in [-0.2, -0.15) is 0 Å². The summed E-state index contributed by atoms with van der Waals surface area (Å²) in [5.41, 5.74) is 0. The first kappa shape index (κ1) is 16.1. The normalized spacial score (nSPS) is 11.6. The van der Waals surface area contributed by atoms with E-state index < -0.39 is 16.0 Å². The number of hydrogen-bond donors (Lipinski definition) is 3. The summed E-state index contributed by atoms with van der Waals surface area (Å²) in [5.74, 6) is -1.13. The fraction of sp³-hybridized carbons (Fsp3) is 0.545. The number of aliphatic hydroxyl groups excluding tert-OH is 1. The van der Waals surface area contributed by atoms with Gasteiger partial charge < -0.3 is 10.2 Å². The van der Waals surface area contributed by atoms with E-state index in [4.69, 9.17) is 10.2 Å². The van der Waals surface area contributed by atoms with Crippen LogP contribution in [-0.4, -0.2) is 37.8 Å². The molecule has 0 radical (unpaired) electrons. The molecule has 1 rings (SSSR count). The van der Waals surface area contributed by atoms with Gasteiger partial charge in [0, 0.05) is 18.5 Å². The third kappa shape index (κ3) is 5.27. The lowest BCUT2D eigenvalue weighted by molar-refractivity contribution is 0.0702. The summed E-state index contributed by atoms with van der Waals surface area (Å²) >= 11 is 0.888. The van der Waals surface area contributed by atoms with E-state index in [2.05, 4.69) is 4.72 Å². The van der Waals surface area contributed by atoms with Gasteiger partial charge in [0.2, 0.25) is 10.0 Å². The largest absolute Gasteiger partial charge is 0.477 e. The maximum absolute atomic E-state index is 11.8. The zero-order valence-electron chi connectivity index (χ0n) is 10.3. The van der Waals surface area contributed by atoms with Crippen LogP contribution in [0.2, 0.25) is 0 Å². The molecule has 0 aromatic carbocycles. The number of sulfonamides is 1. The average molecular weight is 307 g/mol. The van der Waals surface area contributed by atoms with Gasteiger partial charge in [0.05, 0.1) is 4.90 Å². The SMILES string of the molecule is O=C(O)c1cc(S(=O)(=O)NCCCCCCO)cs1. The van der Waals surface area contributed by atoms with Crippen molar-refractivity contribution >= 4 is 27.3 Å². The number of nitrogens with one attached hydrogen (secondary N) is 1. The minimum atomic E-state index is -3.62. The van der Waals surface area contributed by atoms with Gasteiger partial charge in [-0.1, -0.05) is 12.8 Å². The molecule has 0 amide bonds. The molecule has 0 spiro atoms. The van der Waals surface area contributed by atoms with Crippen molar-refractivity contribution in [2.45, 2.75) is 30.6 Å². The molecule has 0 saturated carbocycles. The molecule has 0 saturated heterocycles. The lowest BCUT2D eigenvalue weighted by Crippen LogP contribution is -2.24. The summed E-state index contributed by atoms with van der Waals surface area (Å²) in [6, 6.07) is 1.15. The molecule has 0 bridgehead atoms. The van der Waals surface area contributed by atoms with Crippen LogP contribution in [0.3, 0.4) is 0 Å². The van der Waals surface area contributed by atoms with Gasteiger partial charge in [0.15, 0.2) is 0 Å². The maximum Gasteiger partial charge on any atom is 0.345 e. The number of aliphatic hydroxyl groups is 1. The summed E-state index contributed by atoms with van der Waals surface area (Å²) in [6.45, 7) is 0.463. The van der Waals surface area contributed by atoms with Crippen molar-refractivity contribution in [3.8, 4) is 0 Å². The highest BCUT2D eigenvalue weighted by molar-refractivity contribution is 7.89. The summed E-state index contributed by atoms with van der Waals surface area (Å²) in [4.78, 5) is 10.7. The van der Waals surface area contributed by atoms with Crippen molar-refractivity contribution in [1.82, 2.24) is 4.72 Å². The topological polar surface area (TPSA) is 104 Å². The molecule has 6 nitrogen and oxygen atoms in total. The van der Waals surface area contributed by atoms with Crippen LogP contribution in [0.4, 0.5) is 0 Å². The Balaban J connectivity index is 2.44. The highest BCUT2D eigenvalue weighted by Crippen LogP contribution is 2.19. The highest BCUT2D eigenvalue weighted by atomic mass is 32.2. The Bertz CT molecular complexity index is 509. The number of carboxylic acids is 1. The molecule has 0 unspecified atom stereocenters. The molecular weight excluding hydrogens is 290 g/mol. The van der Waals surface area contributed by atoms with Crippen molar-refractivity contribution in [2.75, 3.05) is 13.2 Å². The lowest BCUT2D eigenvalue weighted by atomic mass is 10.2. The second-order valence-corrected chi connectivity index (χ2v) is 6.67. The van der Waals surface area contributed by atoms with E-state index in [9.17, 15) is 13.2 Å². The zero-order chi connectivity index (χ0) is 14.3. The minimum Gasteiger partial charge on any atom is -0.477 e. The number of carbonyl (C=O) groups is 1. The van der Waals surface area contributed by atoms with Crippen molar-refractivity contribution < 1.29 is 23.4 Å². The predicted molar refractivity (Wildman–Crippen MR) is 72.0 cm³/mol. The summed E-state index contributed by atoms with van der Waals surface area (Å²) in [7, 11) is -3.62. The van der Waals surface area contributed by atoms with E-state index in [0.29, 0.717) is 13.0 Å². The summed E-state index contributed by atoms with van der Waals surface area (Å²) in [6.07, 6.45) is 3.11. The maximum atomic E-state index is 11.8. The van der Waals surface area contributed by atoms with Crippen LogP contribution >= 0.6 is 11.3 Å². The molecule has 8 heteroatoms. The van der Waals surface area contributed by atoms with Crippen molar-refractivity contribution in [3.05, 3.63) is 16.3 Å². The van der Waals surface area contributed by atoms with E-state index in [-0.39, 0.29) is 16.4 Å². The molecule has 0 atom stereocenters. The Morgan fingerprint density at radius 2 is 1.95 bits per heavy atom. The van der Waals surface area contributed by atoms with E-state index in [1.165, 1.54) is 5.38 Å². The molecule has 0 aliphatic carbocycles. The highest BCUT2D eigenvalue weighted by Gasteiger charge is 2.17. The smallest absolute Gasteiger partial charge is 0.345 e. The Kier molecular flexibility index (Phi) is 6.43. The van der Waals surface area contributed by atoms with E-state index in [0.717, 1.165) is 36.7 Å². The van der Waals surface area contributed by atoms with E-state index in [1.54, 1.807) is 0 Å². The molecule has 1 heterocycles. The number of hydrogen-bond acceptors (Lipinski definition) is 5. The molecule has 1 aromatic rings. The number of rotatable bonds is 9. The van der Waals surface area contributed by atoms with Gasteiger partial charge in [0.25, 0.3) is 0 Å². The molecule has 0 aliphatic heterocycles. The van der Waals surface area contributed by atoms with Crippen molar-refractivity contribution in [2.24, 2.45) is 0 Å². The first-order valence-electron chi connectivity index (χ1n) is 5.89. The summed E-state index contributed by atoms with van der Waals surface area (Å²) in [5, 5.41) is 18.6. The van der Waals surface area contributed by atoms with E-state index in [1.807, 2.05) is 0 Å². The molecule has 19 heavy (non-hydrogen) atoms.